The number of benzene rings is 2. The number of hydrogen-bond acceptors (Lipinski definition) is 1. The Labute approximate surface area is 185 Å². The van der Waals surface area contributed by atoms with Crippen LogP contribution in [-0.2, 0) is 12.0 Å². The van der Waals surface area contributed by atoms with Crippen molar-refractivity contribution in [3.05, 3.63) is 94.8 Å². The zero-order valence-corrected chi connectivity index (χ0v) is 18.6. The molecule has 1 aromatic heterocycles. The van der Waals surface area contributed by atoms with Crippen LogP contribution in [0.5, 0.6) is 0 Å². The van der Waals surface area contributed by atoms with Gasteiger partial charge < -0.3 is 0 Å². The fourth-order valence-corrected chi connectivity index (χ4v) is 3.27. The first-order valence-electron chi connectivity index (χ1n) is 10.2. The van der Waals surface area contributed by atoms with Crippen molar-refractivity contribution in [2.24, 2.45) is 0 Å². The summed E-state index contributed by atoms with van der Waals surface area (Å²) in [5, 5.41) is 4.37. The van der Waals surface area contributed by atoms with Crippen molar-refractivity contribution in [1.82, 2.24) is 9.78 Å². The van der Waals surface area contributed by atoms with Gasteiger partial charge in [-0.1, -0.05) is 54.6 Å². The molecule has 0 N–H and O–H groups in total. The number of rotatable bonds is 6. The van der Waals surface area contributed by atoms with Crippen molar-refractivity contribution in [3.8, 4) is 0 Å². The van der Waals surface area contributed by atoms with Gasteiger partial charge >= 0.3 is 6.18 Å². The van der Waals surface area contributed by atoms with Crippen LogP contribution in [0.3, 0.4) is 0 Å². The number of aromatic nitrogens is 2. The molecule has 0 saturated heterocycles. The van der Waals surface area contributed by atoms with Gasteiger partial charge in [0, 0.05) is 5.69 Å². The van der Waals surface area contributed by atoms with Crippen molar-refractivity contribution in [2.75, 3.05) is 0 Å². The quantitative estimate of drug-likeness (QED) is 0.360. The van der Waals surface area contributed by atoms with E-state index in [4.69, 9.17) is 0 Å². The van der Waals surface area contributed by atoms with E-state index in [9.17, 15) is 17.6 Å². The molecule has 0 bridgehead atoms. The van der Waals surface area contributed by atoms with Crippen LogP contribution in [0.15, 0.2) is 61.2 Å². The molecule has 0 fully saturated rings. The molecule has 32 heavy (non-hydrogen) atoms. The van der Waals surface area contributed by atoms with Gasteiger partial charge in [0.15, 0.2) is 5.83 Å². The van der Waals surface area contributed by atoms with E-state index in [1.54, 1.807) is 10.7 Å². The number of hydrogen-bond donors (Lipinski definition) is 0. The second-order valence-corrected chi connectivity index (χ2v) is 8.55. The van der Waals surface area contributed by atoms with E-state index in [0.29, 0.717) is 12.1 Å². The normalized spacial score (nSPS) is 12.8. The van der Waals surface area contributed by atoms with Gasteiger partial charge in [0.1, 0.15) is 5.69 Å². The lowest BCUT2D eigenvalue weighted by Gasteiger charge is -2.28. The van der Waals surface area contributed by atoms with Crippen molar-refractivity contribution in [1.29, 1.82) is 0 Å². The Morgan fingerprint density at radius 3 is 2.31 bits per heavy atom. The van der Waals surface area contributed by atoms with Crippen LogP contribution >= 0.6 is 0 Å². The Bertz CT molecular complexity index is 1150. The second-order valence-electron chi connectivity index (χ2n) is 8.55. The number of aryl methyl sites for hydroxylation is 1. The molecule has 3 rings (SSSR count). The molecule has 0 unspecified atom stereocenters. The Morgan fingerprint density at radius 1 is 1.06 bits per heavy atom. The Morgan fingerprint density at radius 2 is 1.72 bits per heavy atom. The minimum absolute atomic E-state index is 0.125. The summed E-state index contributed by atoms with van der Waals surface area (Å²) >= 11 is 0. The van der Waals surface area contributed by atoms with Crippen LogP contribution < -0.4 is 0 Å². The number of nitrogens with zero attached hydrogens (tertiary/aromatic N) is 2. The average Bonchev–Trinajstić information content (AvgIpc) is 3.08. The van der Waals surface area contributed by atoms with Crippen molar-refractivity contribution >= 4 is 17.5 Å². The molecule has 0 saturated carbocycles. The molecule has 0 radical (unpaired) electrons. The summed E-state index contributed by atoms with van der Waals surface area (Å²) in [5.41, 5.74) is 2.61. The van der Waals surface area contributed by atoms with Gasteiger partial charge in [-0.05, 0) is 68.2 Å². The first kappa shape index (κ1) is 23.5. The number of alkyl halides is 3. The van der Waals surface area contributed by atoms with Gasteiger partial charge in [-0.3, -0.25) is 4.68 Å². The smallest absolute Gasteiger partial charge is 0.265 e. The molecule has 0 aliphatic rings. The highest BCUT2D eigenvalue weighted by molar-refractivity contribution is 5.75. The minimum atomic E-state index is -4.37. The lowest BCUT2D eigenvalue weighted by Crippen LogP contribution is -2.36. The summed E-state index contributed by atoms with van der Waals surface area (Å²) in [6, 6.07) is 15.3. The fourth-order valence-electron chi connectivity index (χ4n) is 3.27. The van der Waals surface area contributed by atoms with Gasteiger partial charge in [-0.25, -0.2) is 4.39 Å². The van der Waals surface area contributed by atoms with Crippen molar-refractivity contribution in [2.45, 2.75) is 45.8 Å². The standard InChI is InChI=1S/C26H26F4N2/c1-17(2)21-8-6-7-20(14-21)16-32-18(3)13-24(31-32)23(27)15-19-9-11-22(12-10-19)25(4,5)26(28,29)30/h6-15H,1,16H2,2-5H3. The largest absolute Gasteiger partial charge is 0.397 e. The lowest BCUT2D eigenvalue weighted by atomic mass is 9.83. The van der Waals surface area contributed by atoms with Gasteiger partial charge in [0.25, 0.3) is 0 Å². The van der Waals surface area contributed by atoms with Gasteiger partial charge in [0.05, 0.1) is 12.0 Å². The Kier molecular flexibility index (Phi) is 6.44. The molecule has 1 heterocycles. The van der Waals surface area contributed by atoms with Crippen LogP contribution in [0.25, 0.3) is 17.5 Å². The van der Waals surface area contributed by atoms with E-state index in [1.165, 1.54) is 30.3 Å². The zero-order valence-electron chi connectivity index (χ0n) is 18.6. The van der Waals surface area contributed by atoms with Crippen LogP contribution in [0.2, 0.25) is 0 Å². The highest BCUT2D eigenvalue weighted by Gasteiger charge is 2.48. The molecule has 6 heteroatoms. The van der Waals surface area contributed by atoms with E-state index < -0.39 is 17.4 Å². The summed E-state index contributed by atoms with van der Waals surface area (Å²) in [6.45, 7) is 10.5. The predicted molar refractivity (Wildman–Crippen MR) is 122 cm³/mol. The molecule has 2 aromatic carbocycles. The third kappa shape index (κ3) is 5.01. The van der Waals surface area contributed by atoms with Crippen LogP contribution in [0.4, 0.5) is 17.6 Å². The molecular weight excluding hydrogens is 416 g/mol. The Balaban J connectivity index is 1.81. The highest BCUT2D eigenvalue weighted by Crippen LogP contribution is 2.40. The SMILES string of the molecule is C=C(C)c1cccc(Cn2nc(C(F)=Cc3ccc(C(C)(C)C(F)(F)F)cc3)cc2C)c1. The molecule has 0 spiro atoms. The molecule has 0 atom stereocenters. The summed E-state index contributed by atoms with van der Waals surface area (Å²) in [6.07, 6.45) is -3.10. The minimum Gasteiger partial charge on any atom is -0.265 e. The molecule has 0 amide bonds. The maximum atomic E-state index is 14.8. The molecule has 3 aromatic rings. The Hall–Kier alpha value is -3.15. The predicted octanol–water partition coefficient (Wildman–Crippen LogP) is 7.58. The molecule has 2 nitrogen and oxygen atoms in total. The zero-order chi connectivity index (χ0) is 23.7. The highest BCUT2D eigenvalue weighted by atomic mass is 19.4. The van der Waals surface area contributed by atoms with Crippen molar-refractivity contribution < 1.29 is 17.6 Å². The van der Waals surface area contributed by atoms with Crippen LogP contribution in [-0.4, -0.2) is 16.0 Å². The fraction of sp³-hybridized carbons (Fsp3) is 0.269. The van der Waals surface area contributed by atoms with E-state index in [2.05, 4.69) is 11.7 Å². The monoisotopic (exact) mass is 442 g/mol. The number of allylic oxidation sites excluding steroid dienone is 1. The van der Waals surface area contributed by atoms with Gasteiger partial charge in [-0.15, -0.1) is 0 Å². The molecule has 168 valence electrons. The van der Waals surface area contributed by atoms with Crippen LogP contribution in [0, 0.1) is 6.92 Å². The average molecular weight is 443 g/mol. The third-order valence-electron chi connectivity index (χ3n) is 5.61. The molecule has 0 aliphatic carbocycles. The third-order valence-corrected chi connectivity index (χ3v) is 5.61. The maximum Gasteiger partial charge on any atom is 0.397 e. The second kappa shape index (κ2) is 8.77. The molecule has 0 aliphatic heterocycles. The van der Waals surface area contributed by atoms with E-state index in [1.807, 2.05) is 38.1 Å². The summed E-state index contributed by atoms with van der Waals surface area (Å²) in [4.78, 5) is 0. The van der Waals surface area contributed by atoms with Crippen molar-refractivity contribution in [3.63, 3.8) is 0 Å². The van der Waals surface area contributed by atoms with Gasteiger partial charge in [-0.2, -0.15) is 18.3 Å². The first-order valence-corrected chi connectivity index (χ1v) is 10.2. The topological polar surface area (TPSA) is 17.8 Å². The maximum absolute atomic E-state index is 14.8. The van der Waals surface area contributed by atoms with E-state index in [0.717, 1.165) is 36.2 Å². The summed E-state index contributed by atoms with van der Waals surface area (Å²) in [5.74, 6) is -0.551. The lowest BCUT2D eigenvalue weighted by molar-refractivity contribution is -0.180. The first-order chi connectivity index (χ1) is 14.9. The van der Waals surface area contributed by atoms with E-state index >= 15 is 0 Å². The van der Waals surface area contributed by atoms with Gasteiger partial charge in [0.2, 0.25) is 0 Å². The summed E-state index contributed by atoms with van der Waals surface area (Å²) < 4.78 is 56.2. The van der Waals surface area contributed by atoms with Crippen LogP contribution in [0.1, 0.15) is 54.4 Å². The van der Waals surface area contributed by atoms with E-state index in [-0.39, 0.29) is 11.3 Å². The number of halogens is 4. The molecular formula is C26H26F4N2. The summed E-state index contributed by atoms with van der Waals surface area (Å²) in [7, 11) is 0.